The summed E-state index contributed by atoms with van der Waals surface area (Å²) < 4.78 is 0. The molecule has 2 heterocycles. The van der Waals surface area contributed by atoms with Gasteiger partial charge in [0.25, 0.3) is 0 Å². The van der Waals surface area contributed by atoms with E-state index in [2.05, 4.69) is 0 Å². The SMILES string of the molecule is OC1C2CC1CN(O)C2. The molecule has 0 aromatic rings. The van der Waals surface area contributed by atoms with Gasteiger partial charge in [-0.05, 0) is 6.42 Å². The second kappa shape index (κ2) is 1.68. The number of hydrogen-bond donors (Lipinski definition) is 2. The molecule has 1 saturated carbocycles. The van der Waals surface area contributed by atoms with Crippen LogP contribution >= 0.6 is 0 Å². The first-order valence-electron chi connectivity index (χ1n) is 3.39. The zero-order valence-corrected chi connectivity index (χ0v) is 5.20. The van der Waals surface area contributed by atoms with Crippen LogP contribution in [-0.2, 0) is 0 Å². The lowest BCUT2D eigenvalue weighted by Crippen LogP contribution is -2.57. The topological polar surface area (TPSA) is 43.7 Å². The molecule has 3 aliphatic rings. The van der Waals surface area contributed by atoms with E-state index in [1.807, 2.05) is 0 Å². The van der Waals surface area contributed by atoms with Gasteiger partial charge in [-0.2, -0.15) is 5.06 Å². The minimum absolute atomic E-state index is 0.117. The van der Waals surface area contributed by atoms with Crippen molar-refractivity contribution in [2.75, 3.05) is 13.1 Å². The van der Waals surface area contributed by atoms with Crippen molar-refractivity contribution in [3.05, 3.63) is 0 Å². The average molecular weight is 129 g/mol. The van der Waals surface area contributed by atoms with Crippen LogP contribution in [0.2, 0.25) is 0 Å². The van der Waals surface area contributed by atoms with Gasteiger partial charge in [0.05, 0.1) is 6.10 Å². The predicted molar refractivity (Wildman–Crippen MR) is 31.0 cm³/mol. The number of hydrogen-bond acceptors (Lipinski definition) is 3. The van der Waals surface area contributed by atoms with Crippen LogP contribution in [0.3, 0.4) is 0 Å². The van der Waals surface area contributed by atoms with Crippen molar-refractivity contribution < 1.29 is 10.3 Å². The fourth-order valence-corrected chi connectivity index (χ4v) is 1.84. The molecule has 2 N–H and O–H groups in total. The highest BCUT2D eigenvalue weighted by Crippen LogP contribution is 2.38. The monoisotopic (exact) mass is 129 g/mol. The Kier molecular flexibility index (Phi) is 1.06. The highest BCUT2D eigenvalue weighted by atomic mass is 16.5. The van der Waals surface area contributed by atoms with Gasteiger partial charge < -0.3 is 10.3 Å². The third-order valence-electron chi connectivity index (χ3n) is 2.46. The summed E-state index contributed by atoms with van der Waals surface area (Å²) in [7, 11) is 0. The second-order valence-corrected chi connectivity index (χ2v) is 3.12. The number of hydroxylamine groups is 2. The highest BCUT2D eigenvalue weighted by molar-refractivity contribution is 4.95. The van der Waals surface area contributed by atoms with E-state index in [1.54, 1.807) is 0 Å². The molecular weight excluding hydrogens is 118 g/mol. The fourth-order valence-electron chi connectivity index (χ4n) is 1.84. The van der Waals surface area contributed by atoms with E-state index >= 15 is 0 Å². The Morgan fingerprint density at radius 1 is 1.22 bits per heavy atom. The quantitative estimate of drug-likeness (QED) is 0.471. The summed E-state index contributed by atoms with van der Waals surface area (Å²) >= 11 is 0. The first-order valence-corrected chi connectivity index (χ1v) is 3.39. The summed E-state index contributed by atoms with van der Waals surface area (Å²) in [5, 5.41) is 19.5. The maximum absolute atomic E-state index is 9.21. The van der Waals surface area contributed by atoms with E-state index < -0.39 is 0 Å². The molecule has 3 rings (SSSR count). The molecule has 0 spiro atoms. The molecule has 52 valence electrons. The third kappa shape index (κ3) is 0.689. The van der Waals surface area contributed by atoms with Gasteiger partial charge in [-0.1, -0.05) is 0 Å². The van der Waals surface area contributed by atoms with Crippen LogP contribution in [0.5, 0.6) is 0 Å². The largest absolute Gasteiger partial charge is 0.392 e. The summed E-state index contributed by atoms with van der Waals surface area (Å²) in [5.41, 5.74) is 0. The molecular formula is C6H11NO2. The summed E-state index contributed by atoms with van der Waals surface area (Å²) in [5.74, 6) is 0.711. The smallest absolute Gasteiger partial charge is 0.0623 e. The van der Waals surface area contributed by atoms with Gasteiger partial charge in [0, 0.05) is 24.9 Å². The second-order valence-electron chi connectivity index (χ2n) is 3.12. The van der Waals surface area contributed by atoms with Crippen molar-refractivity contribution in [2.24, 2.45) is 11.8 Å². The van der Waals surface area contributed by atoms with Crippen LogP contribution in [-0.4, -0.2) is 34.6 Å². The zero-order valence-electron chi connectivity index (χ0n) is 5.20. The molecule has 0 radical (unpaired) electrons. The number of aliphatic hydroxyl groups is 1. The maximum Gasteiger partial charge on any atom is 0.0623 e. The molecule has 2 bridgehead atoms. The van der Waals surface area contributed by atoms with Crippen LogP contribution in [0, 0.1) is 11.8 Å². The summed E-state index contributed by atoms with van der Waals surface area (Å²) in [6, 6.07) is 0. The van der Waals surface area contributed by atoms with Crippen molar-refractivity contribution in [1.29, 1.82) is 0 Å². The van der Waals surface area contributed by atoms with E-state index in [1.165, 1.54) is 5.06 Å². The summed E-state index contributed by atoms with van der Waals surface area (Å²) in [4.78, 5) is 0. The number of aliphatic hydroxyl groups excluding tert-OH is 1. The van der Waals surface area contributed by atoms with Gasteiger partial charge in [-0.15, -0.1) is 0 Å². The molecule has 3 nitrogen and oxygen atoms in total. The number of nitrogens with zero attached hydrogens (tertiary/aromatic N) is 1. The van der Waals surface area contributed by atoms with E-state index in [-0.39, 0.29) is 6.10 Å². The number of piperidine rings is 2. The molecule has 9 heavy (non-hydrogen) atoms. The van der Waals surface area contributed by atoms with Crippen LogP contribution in [0.15, 0.2) is 0 Å². The molecule has 2 aliphatic heterocycles. The Balaban J connectivity index is 2.01. The molecule has 3 fully saturated rings. The van der Waals surface area contributed by atoms with Crippen molar-refractivity contribution in [3.8, 4) is 0 Å². The van der Waals surface area contributed by atoms with Gasteiger partial charge >= 0.3 is 0 Å². The van der Waals surface area contributed by atoms with E-state index in [4.69, 9.17) is 5.21 Å². The zero-order chi connectivity index (χ0) is 6.43. The first-order chi connectivity index (χ1) is 4.27. The van der Waals surface area contributed by atoms with Gasteiger partial charge in [-0.3, -0.25) is 0 Å². The highest BCUT2D eigenvalue weighted by Gasteiger charge is 2.45. The third-order valence-corrected chi connectivity index (χ3v) is 2.46. The summed E-state index contributed by atoms with van der Waals surface area (Å²) in [6.07, 6.45) is 0.992. The van der Waals surface area contributed by atoms with E-state index in [0.29, 0.717) is 24.9 Å². The lowest BCUT2D eigenvalue weighted by atomic mass is 9.69. The normalized spacial score (nSPS) is 50.7. The van der Waals surface area contributed by atoms with Crippen molar-refractivity contribution in [1.82, 2.24) is 5.06 Å². The minimum atomic E-state index is -0.117. The van der Waals surface area contributed by atoms with E-state index in [9.17, 15) is 5.11 Å². The van der Waals surface area contributed by atoms with Gasteiger partial charge in [0.2, 0.25) is 0 Å². The van der Waals surface area contributed by atoms with Gasteiger partial charge in [0.15, 0.2) is 0 Å². The Labute approximate surface area is 53.9 Å². The van der Waals surface area contributed by atoms with Gasteiger partial charge in [0.1, 0.15) is 0 Å². The molecule has 3 heteroatoms. The Morgan fingerprint density at radius 2 is 1.78 bits per heavy atom. The molecule has 2 unspecified atom stereocenters. The lowest BCUT2D eigenvalue weighted by molar-refractivity contribution is -0.210. The maximum atomic E-state index is 9.21. The Bertz CT molecular complexity index is 116. The van der Waals surface area contributed by atoms with Crippen LogP contribution in [0.25, 0.3) is 0 Å². The molecule has 0 amide bonds. The summed E-state index contributed by atoms with van der Waals surface area (Å²) in [6.45, 7) is 1.33. The van der Waals surface area contributed by atoms with Gasteiger partial charge in [-0.25, -0.2) is 0 Å². The van der Waals surface area contributed by atoms with Crippen LogP contribution in [0.4, 0.5) is 0 Å². The fraction of sp³-hybridized carbons (Fsp3) is 1.00. The molecule has 2 atom stereocenters. The molecule has 0 aromatic carbocycles. The predicted octanol–water partition coefficient (Wildman–Crippen LogP) is -0.312. The average Bonchev–Trinajstić information content (AvgIpc) is 1.87. The minimum Gasteiger partial charge on any atom is -0.392 e. The van der Waals surface area contributed by atoms with Crippen molar-refractivity contribution in [2.45, 2.75) is 12.5 Å². The lowest BCUT2D eigenvalue weighted by Gasteiger charge is -2.48. The molecule has 0 aromatic heterocycles. The Morgan fingerprint density at radius 3 is 2.11 bits per heavy atom. The van der Waals surface area contributed by atoms with Crippen LogP contribution in [0.1, 0.15) is 6.42 Å². The molecule has 1 aliphatic carbocycles. The van der Waals surface area contributed by atoms with Crippen molar-refractivity contribution in [3.63, 3.8) is 0 Å². The Hall–Kier alpha value is -0.120. The first kappa shape index (κ1) is 5.65. The number of fused-ring (bicyclic) bond motifs is 2. The standard InChI is InChI=1S/C6H11NO2/c8-6-4-1-5(6)3-7(9)2-4/h4-6,8-9H,1-3H2. The van der Waals surface area contributed by atoms with Crippen molar-refractivity contribution >= 4 is 0 Å². The van der Waals surface area contributed by atoms with E-state index in [0.717, 1.165) is 6.42 Å². The van der Waals surface area contributed by atoms with Crippen LogP contribution < -0.4 is 0 Å². The molecule has 2 saturated heterocycles. The number of rotatable bonds is 0.